The van der Waals surface area contributed by atoms with Crippen molar-refractivity contribution in [1.82, 2.24) is 5.32 Å². The zero-order valence-corrected chi connectivity index (χ0v) is 14.1. The number of hydrogen-bond donors (Lipinski definition) is 2. The summed E-state index contributed by atoms with van der Waals surface area (Å²) in [4.78, 5) is 0. The molecule has 0 amide bonds. The highest BCUT2D eigenvalue weighted by Gasteiger charge is 2.57. The molecule has 4 atom stereocenters. The van der Waals surface area contributed by atoms with E-state index in [1.54, 1.807) is 0 Å². The maximum Gasteiger partial charge on any atom is 0.162 e. The van der Waals surface area contributed by atoms with Gasteiger partial charge in [-0.15, -0.1) is 0 Å². The number of aliphatic hydroxyl groups is 1. The van der Waals surface area contributed by atoms with Gasteiger partial charge in [-0.05, 0) is 25.0 Å². The zero-order valence-electron chi connectivity index (χ0n) is 14.1. The van der Waals surface area contributed by atoms with Gasteiger partial charge in [0.15, 0.2) is 11.6 Å². The Balaban J connectivity index is 1.45. The first-order chi connectivity index (χ1) is 11.4. The van der Waals surface area contributed by atoms with Crippen molar-refractivity contribution >= 4 is 0 Å². The minimum Gasteiger partial charge on any atom is -0.491 e. The topological polar surface area (TPSA) is 50.7 Å². The second kappa shape index (κ2) is 6.94. The van der Waals surface area contributed by atoms with Gasteiger partial charge in [0.05, 0.1) is 6.10 Å². The fourth-order valence-electron chi connectivity index (χ4n) is 4.02. The summed E-state index contributed by atoms with van der Waals surface area (Å²) >= 11 is 0. The van der Waals surface area contributed by atoms with E-state index >= 15 is 0 Å². The van der Waals surface area contributed by atoms with Gasteiger partial charge in [-0.25, -0.2) is 8.78 Å². The standard InChI is InChI=1S/C18H25F2NO3/c1-18(2)16(13-4-3-7-23-17(13)18)21-9-11(22)10-24-12-5-6-14(19)15(20)8-12/h5-6,8,11,13,16-17,21-22H,3-4,7,9-10H2,1-2H3. The maximum atomic E-state index is 13.1. The lowest BCUT2D eigenvalue weighted by atomic mass is 9.55. The zero-order chi connectivity index (χ0) is 17.3. The maximum absolute atomic E-state index is 13.1. The van der Waals surface area contributed by atoms with Gasteiger partial charge in [0.1, 0.15) is 18.5 Å². The van der Waals surface area contributed by atoms with E-state index in [0.717, 1.165) is 31.6 Å². The van der Waals surface area contributed by atoms with Crippen LogP contribution in [0.1, 0.15) is 26.7 Å². The van der Waals surface area contributed by atoms with Gasteiger partial charge < -0.3 is 19.9 Å². The average Bonchev–Trinajstić information content (AvgIpc) is 2.56. The Bertz CT molecular complexity index is 581. The van der Waals surface area contributed by atoms with Gasteiger partial charge in [0, 0.05) is 36.6 Å². The highest BCUT2D eigenvalue weighted by molar-refractivity contribution is 5.23. The Labute approximate surface area is 141 Å². The van der Waals surface area contributed by atoms with E-state index < -0.39 is 17.7 Å². The molecule has 24 heavy (non-hydrogen) atoms. The summed E-state index contributed by atoms with van der Waals surface area (Å²) in [6, 6.07) is 3.64. The van der Waals surface area contributed by atoms with Crippen LogP contribution in [0.2, 0.25) is 0 Å². The molecule has 1 aromatic rings. The number of benzene rings is 1. The van der Waals surface area contributed by atoms with E-state index in [4.69, 9.17) is 9.47 Å². The van der Waals surface area contributed by atoms with Crippen LogP contribution in [0.5, 0.6) is 5.75 Å². The molecule has 1 saturated heterocycles. The molecule has 0 bridgehead atoms. The summed E-state index contributed by atoms with van der Waals surface area (Å²) in [7, 11) is 0. The quantitative estimate of drug-likeness (QED) is 0.835. The summed E-state index contributed by atoms with van der Waals surface area (Å²) in [5.74, 6) is -1.17. The minimum absolute atomic E-state index is 0.0236. The van der Waals surface area contributed by atoms with Crippen molar-refractivity contribution in [2.24, 2.45) is 11.3 Å². The van der Waals surface area contributed by atoms with Crippen molar-refractivity contribution < 1.29 is 23.4 Å². The molecule has 6 heteroatoms. The largest absolute Gasteiger partial charge is 0.491 e. The molecule has 0 aromatic heterocycles. The number of rotatable bonds is 6. The molecule has 0 spiro atoms. The molecule has 1 heterocycles. The molecule has 4 nitrogen and oxygen atoms in total. The number of fused-ring (bicyclic) bond motifs is 1. The summed E-state index contributed by atoms with van der Waals surface area (Å²) in [5, 5.41) is 13.5. The van der Waals surface area contributed by atoms with Crippen LogP contribution in [0.25, 0.3) is 0 Å². The molecule has 4 unspecified atom stereocenters. The number of halogens is 2. The van der Waals surface area contributed by atoms with Crippen LogP contribution in [-0.4, -0.2) is 43.1 Å². The molecule has 1 aromatic carbocycles. The third-order valence-corrected chi connectivity index (χ3v) is 5.24. The van der Waals surface area contributed by atoms with Gasteiger partial charge in [0.25, 0.3) is 0 Å². The van der Waals surface area contributed by atoms with Crippen molar-refractivity contribution in [2.45, 2.75) is 44.9 Å². The first kappa shape index (κ1) is 17.6. The fraction of sp³-hybridized carbons (Fsp3) is 0.667. The molecule has 3 rings (SSSR count). The Morgan fingerprint density at radius 1 is 1.38 bits per heavy atom. The number of hydrogen-bond acceptors (Lipinski definition) is 4. The van der Waals surface area contributed by atoms with Gasteiger partial charge in [-0.1, -0.05) is 13.8 Å². The molecule has 2 N–H and O–H groups in total. The SMILES string of the molecule is CC1(C)C(NCC(O)COc2ccc(F)c(F)c2)C2CCCOC21. The number of nitrogens with one attached hydrogen (secondary N) is 1. The molecule has 2 aliphatic rings. The Morgan fingerprint density at radius 3 is 2.92 bits per heavy atom. The van der Waals surface area contributed by atoms with E-state index in [9.17, 15) is 13.9 Å². The van der Waals surface area contributed by atoms with Crippen LogP contribution in [0, 0.1) is 23.0 Å². The van der Waals surface area contributed by atoms with Gasteiger partial charge in [-0.2, -0.15) is 0 Å². The smallest absolute Gasteiger partial charge is 0.162 e. The minimum atomic E-state index is -0.959. The van der Waals surface area contributed by atoms with E-state index in [-0.39, 0.29) is 17.8 Å². The second-order valence-corrected chi connectivity index (χ2v) is 7.35. The van der Waals surface area contributed by atoms with E-state index in [0.29, 0.717) is 24.6 Å². The first-order valence-electron chi connectivity index (χ1n) is 8.50. The normalized spacial score (nSPS) is 29.5. The fourth-order valence-corrected chi connectivity index (χ4v) is 4.02. The van der Waals surface area contributed by atoms with Crippen molar-refractivity contribution in [1.29, 1.82) is 0 Å². The molecule has 1 aliphatic heterocycles. The average molecular weight is 341 g/mol. The van der Waals surface area contributed by atoms with Crippen molar-refractivity contribution in [3.63, 3.8) is 0 Å². The van der Waals surface area contributed by atoms with E-state index in [2.05, 4.69) is 19.2 Å². The van der Waals surface area contributed by atoms with Crippen molar-refractivity contribution in [2.75, 3.05) is 19.8 Å². The predicted molar refractivity (Wildman–Crippen MR) is 85.9 cm³/mol. The van der Waals surface area contributed by atoms with Crippen LogP contribution in [0.4, 0.5) is 8.78 Å². The Kier molecular flexibility index (Phi) is 5.08. The Morgan fingerprint density at radius 2 is 2.17 bits per heavy atom. The highest BCUT2D eigenvalue weighted by atomic mass is 19.2. The summed E-state index contributed by atoms with van der Waals surface area (Å²) in [5.41, 5.74) is 0.0474. The van der Waals surface area contributed by atoms with Crippen LogP contribution in [0.15, 0.2) is 18.2 Å². The summed E-state index contributed by atoms with van der Waals surface area (Å²) in [6.45, 7) is 5.61. The molecule has 134 valence electrons. The number of ether oxygens (including phenoxy) is 2. The third-order valence-electron chi connectivity index (χ3n) is 5.24. The van der Waals surface area contributed by atoms with Crippen molar-refractivity contribution in [3.05, 3.63) is 29.8 Å². The number of aliphatic hydroxyl groups excluding tert-OH is 1. The summed E-state index contributed by atoms with van der Waals surface area (Å²) < 4.78 is 37.2. The van der Waals surface area contributed by atoms with Crippen LogP contribution >= 0.6 is 0 Å². The third kappa shape index (κ3) is 3.41. The molecule has 0 radical (unpaired) electrons. The van der Waals surface area contributed by atoms with Gasteiger partial charge in [-0.3, -0.25) is 0 Å². The lowest BCUT2D eigenvalue weighted by Gasteiger charge is -2.60. The van der Waals surface area contributed by atoms with Gasteiger partial charge >= 0.3 is 0 Å². The van der Waals surface area contributed by atoms with E-state index in [1.165, 1.54) is 6.07 Å². The van der Waals surface area contributed by atoms with Crippen LogP contribution in [0.3, 0.4) is 0 Å². The lowest BCUT2D eigenvalue weighted by Crippen LogP contribution is -2.69. The lowest BCUT2D eigenvalue weighted by molar-refractivity contribution is -0.193. The highest BCUT2D eigenvalue weighted by Crippen LogP contribution is 2.51. The molecule has 1 saturated carbocycles. The predicted octanol–water partition coefficient (Wildman–Crippen LogP) is 2.50. The van der Waals surface area contributed by atoms with Crippen molar-refractivity contribution in [3.8, 4) is 5.75 Å². The second-order valence-electron chi connectivity index (χ2n) is 7.35. The molecular weight excluding hydrogens is 316 g/mol. The van der Waals surface area contributed by atoms with Gasteiger partial charge in [0.2, 0.25) is 0 Å². The molecule has 1 aliphatic carbocycles. The first-order valence-corrected chi connectivity index (χ1v) is 8.50. The molecular formula is C18H25F2NO3. The molecule has 2 fully saturated rings. The Hall–Kier alpha value is -1.24. The van der Waals surface area contributed by atoms with Crippen LogP contribution in [-0.2, 0) is 4.74 Å². The summed E-state index contributed by atoms with van der Waals surface area (Å²) in [6.07, 6.45) is 1.79. The van der Waals surface area contributed by atoms with E-state index in [1.807, 2.05) is 0 Å². The van der Waals surface area contributed by atoms with Crippen LogP contribution < -0.4 is 10.1 Å². The monoisotopic (exact) mass is 341 g/mol.